The molecule has 3 aromatic rings. The summed E-state index contributed by atoms with van der Waals surface area (Å²) in [5, 5.41) is 16.4. The molecule has 0 spiro atoms. The number of amides is 2. The highest BCUT2D eigenvalue weighted by atomic mass is 35.5. The van der Waals surface area contributed by atoms with Gasteiger partial charge < -0.3 is 20.5 Å². The second kappa shape index (κ2) is 10.3. The zero-order valence-corrected chi connectivity index (χ0v) is 21.8. The summed E-state index contributed by atoms with van der Waals surface area (Å²) in [7, 11) is 0. The number of nitrogens with one attached hydrogen (secondary N) is 2. The van der Waals surface area contributed by atoms with E-state index in [-0.39, 0.29) is 21.3 Å². The summed E-state index contributed by atoms with van der Waals surface area (Å²) < 4.78 is 29.8. The summed E-state index contributed by atoms with van der Waals surface area (Å²) in [6, 6.07) is 17.5. The third kappa shape index (κ3) is 4.91. The molecule has 0 saturated carbocycles. The van der Waals surface area contributed by atoms with Crippen LogP contribution in [0.15, 0.2) is 66.7 Å². The van der Waals surface area contributed by atoms with Crippen LogP contribution in [0.4, 0.5) is 20.2 Å². The van der Waals surface area contributed by atoms with Gasteiger partial charge in [0.25, 0.3) is 11.8 Å². The van der Waals surface area contributed by atoms with Crippen molar-refractivity contribution in [2.75, 3.05) is 17.2 Å². The van der Waals surface area contributed by atoms with Gasteiger partial charge >= 0.3 is 0 Å². The number of hydrogen-bond donors (Lipinski definition) is 3. The quantitative estimate of drug-likeness (QED) is 0.341. The molecule has 2 aliphatic rings. The number of likely N-dealkylation sites (tertiary alicyclic amines) is 1. The van der Waals surface area contributed by atoms with Gasteiger partial charge in [-0.2, -0.15) is 0 Å². The SMILES string of the molecule is O=CCC1(N2CC(F)(F)CC2C(O)C(=O)Nc2cccc(-c3ccccc3)c2)C(=O)Nc2c(Cl)cc(Cl)cc21. The van der Waals surface area contributed by atoms with Crippen molar-refractivity contribution in [3.63, 3.8) is 0 Å². The van der Waals surface area contributed by atoms with Gasteiger partial charge in [0.2, 0.25) is 5.91 Å². The van der Waals surface area contributed by atoms with Crippen LogP contribution >= 0.6 is 23.2 Å². The Kier molecular flexibility index (Phi) is 7.19. The molecule has 5 rings (SSSR count). The van der Waals surface area contributed by atoms with E-state index < -0.39 is 54.8 Å². The first-order chi connectivity index (χ1) is 18.6. The summed E-state index contributed by atoms with van der Waals surface area (Å²) in [6.45, 7) is -0.976. The second-order valence-electron chi connectivity index (χ2n) is 9.63. The number of aliphatic hydroxyl groups is 1. The van der Waals surface area contributed by atoms with Crippen LogP contribution in [-0.2, 0) is 19.9 Å². The highest BCUT2D eigenvalue weighted by Crippen LogP contribution is 2.51. The molecule has 2 amide bonds. The number of halogens is 4. The van der Waals surface area contributed by atoms with E-state index in [0.29, 0.717) is 12.0 Å². The molecule has 1 fully saturated rings. The minimum Gasteiger partial charge on any atom is -0.382 e. The third-order valence-electron chi connectivity index (χ3n) is 7.16. The van der Waals surface area contributed by atoms with Crippen LogP contribution in [0.5, 0.6) is 0 Å². The Hall–Kier alpha value is -3.37. The fourth-order valence-electron chi connectivity index (χ4n) is 5.44. The Bertz CT molecular complexity index is 1460. The molecule has 0 radical (unpaired) electrons. The van der Waals surface area contributed by atoms with Gasteiger partial charge in [-0.25, -0.2) is 8.78 Å². The summed E-state index contributed by atoms with van der Waals surface area (Å²) in [5.41, 5.74) is 0.359. The molecule has 7 nitrogen and oxygen atoms in total. The molecule has 3 atom stereocenters. The van der Waals surface area contributed by atoms with Crippen molar-refractivity contribution in [2.45, 2.75) is 36.4 Å². The molecular formula is C28H23Cl2F2N3O4. The van der Waals surface area contributed by atoms with E-state index in [4.69, 9.17) is 23.2 Å². The van der Waals surface area contributed by atoms with Crippen LogP contribution in [0.2, 0.25) is 10.0 Å². The number of anilines is 2. The van der Waals surface area contributed by atoms with E-state index in [1.165, 1.54) is 12.1 Å². The molecule has 2 aliphatic heterocycles. The number of carbonyl (C=O) groups excluding carboxylic acids is 3. The van der Waals surface area contributed by atoms with Crippen molar-refractivity contribution in [1.29, 1.82) is 0 Å². The number of benzene rings is 3. The number of hydrogen-bond acceptors (Lipinski definition) is 5. The minimum absolute atomic E-state index is 0.0673. The first-order valence-electron chi connectivity index (χ1n) is 12.1. The van der Waals surface area contributed by atoms with Gasteiger partial charge in [-0.15, -0.1) is 0 Å². The second-order valence-corrected chi connectivity index (χ2v) is 10.5. The van der Waals surface area contributed by atoms with Crippen molar-refractivity contribution in [2.24, 2.45) is 0 Å². The number of alkyl halides is 2. The molecule has 2 heterocycles. The standard InChI is InChI=1S/C28H23Cl2F2N3O4/c29-18-12-20-23(21(30)13-18)34-26(39)28(20,9-10-36)35-15-27(31,32)14-22(35)24(37)25(38)33-19-8-4-7-17(11-19)16-5-2-1-3-6-16/h1-8,10-13,22,24,37H,9,14-15H2,(H,33,38)(H,34,39). The van der Waals surface area contributed by atoms with E-state index in [1.807, 2.05) is 36.4 Å². The van der Waals surface area contributed by atoms with Gasteiger partial charge in [-0.05, 0) is 35.4 Å². The van der Waals surface area contributed by atoms with E-state index in [1.54, 1.807) is 18.2 Å². The Balaban J connectivity index is 1.48. The van der Waals surface area contributed by atoms with Gasteiger partial charge in [0.1, 0.15) is 17.9 Å². The van der Waals surface area contributed by atoms with Crippen LogP contribution in [0, 0.1) is 0 Å². The van der Waals surface area contributed by atoms with Crippen LogP contribution in [0.3, 0.4) is 0 Å². The third-order valence-corrected chi connectivity index (χ3v) is 7.68. The maximum absolute atomic E-state index is 14.9. The molecule has 3 N–H and O–H groups in total. The Morgan fingerprint density at radius 1 is 1.13 bits per heavy atom. The summed E-state index contributed by atoms with van der Waals surface area (Å²) >= 11 is 12.4. The molecule has 3 unspecified atom stereocenters. The van der Waals surface area contributed by atoms with Gasteiger partial charge in [0.15, 0.2) is 0 Å². The van der Waals surface area contributed by atoms with Crippen LogP contribution < -0.4 is 10.6 Å². The largest absolute Gasteiger partial charge is 0.382 e. The molecule has 0 aromatic heterocycles. The zero-order valence-electron chi connectivity index (χ0n) is 20.3. The smallest absolute Gasteiger partial charge is 0.262 e. The number of fused-ring (bicyclic) bond motifs is 1. The van der Waals surface area contributed by atoms with Crippen molar-refractivity contribution < 1.29 is 28.3 Å². The minimum atomic E-state index is -3.36. The first kappa shape index (κ1) is 27.2. The Morgan fingerprint density at radius 3 is 2.56 bits per heavy atom. The average Bonchev–Trinajstić information content (AvgIpc) is 3.38. The van der Waals surface area contributed by atoms with Crippen molar-refractivity contribution in [3.05, 3.63) is 82.3 Å². The normalized spacial score (nSPS) is 22.7. The topological polar surface area (TPSA) is 98.7 Å². The molecule has 202 valence electrons. The number of nitrogens with zero attached hydrogens (tertiary/aromatic N) is 1. The fraction of sp³-hybridized carbons (Fsp3) is 0.250. The summed E-state index contributed by atoms with van der Waals surface area (Å²) in [6.07, 6.45) is -2.97. The van der Waals surface area contributed by atoms with E-state index >= 15 is 0 Å². The number of aldehydes is 1. The fourth-order valence-corrected chi connectivity index (χ4v) is 5.98. The van der Waals surface area contributed by atoms with Gasteiger partial charge in [0.05, 0.1) is 23.3 Å². The van der Waals surface area contributed by atoms with E-state index in [9.17, 15) is 28.3 Å². The van der Waals surface area contributed by atoms with Crippen LogP contribution in [0.25, 0.3) is 11.1 Å². The average molecular weight is 574 g/mol. The zero-order chi connectivity index (χ0) is 27.9. The Morgan fingerprint density at radius 2 is 1.85 bits per heavy atom. The molecule has 1 saturated heterocycles. The predicted molar refractivity (Wildman–Crippen MR) is 144 cm³/mol. The lowest BCUT2D eigenvalue weighted by atomic mass is 9.85. The first-order valence-corrected chi connectivity index (χ1v) is 12.8. The highest BCUT2D eigenvalue weighted by Gasteiger charge is 2.61. The summed E-state index contributed by atoms with van der Waals surface area (Å²) in [4.78, 5) is 39.4. The van der Waals surface area contributed by atoms with Crippen LogP contribution in [-0.4, -0.2) is 52.7 Å². The van der Waals surface area contributed by atoms with Crippen molar-refractivity contribution in [3.8, 4) is 11.1 Å². The van der Waals surface area contributed by atoms with Crippen molar-refractivity contribution >= 4 is 52.7 Å². The number of carbonyl (C=O) groups is 3. The van der Waals surface area contributed by atoms with E-state index in [2.05, 4.69) is 10.6 Å². The van der Waals surface area contributed by atoms with Gasteiger partial charge in [0, 0.05) is 29.1 Å². The van der Waals surface area contributed by atoms with Crippen molar-refractivity contribution in [1.82, 2.24) is 4.90 Å². The summed E-state index contributed by atoms with van der Waals surface area (Å²) in [5.74, 6) is -5.07. The monoisotopic (exact) mass is 573 g/mol. The molecule has 39 heavy (non-hydrogen) atoms. The Labute approximate surface area is 232 Å². The number of aliphatic hydroxyl groups excluding tert-OH is 1. The maximum atomic E-state index is 14.9. The molecular weight excluding hydrogens is 551 g/mol. The predicted octanol–water partition coefficient (Wildman–Crippen LogP) is 5.11. The van der Waals surface area contributed by atoms with E-state index in [0.717, 1.165) is 16.0 Å². The lowest BCUT2D eigenvalue weighted by Crippen LogP contribution is -2.58. The maximum Gasteiger partial charge on any atom is 0.262 e. The molecule has 3 aromatic carbocycles. The number of rotatable bonds is 7. The molecule has 0 aliphatic carbocycles. The highest BCUT2D eigenvalue weighted by molar-refractivity contribution is 6.37. The molecule has 0 bridgehead atoms. The molecule has 11 heteroatoms. The van der Waals surface area contributed by atoms with Gasteiger partial charge in [-0.1, -0.05) is 65.7 Å². The van der Waals surface area contributed by atoms with Crippen LogP contribution in [0.1, 0.15) is 18.4 Å². The lowest BCUT2D eigenvalue weighted by Gasteiger charge is -2.40. The van der Waals surface area contributed by atoms with Gasteiger partial charge in [-0.3, -0.25) is 14.5 Å². The lowest BCUT2D eigenvalue weighted by molar-refractivity contribution is -0.138.